The molecule has 2 rings (SSSR count). The first kappa shape index (κ1) is 42.7. The summed E-state index contributed by atoms with van der Waals surface area (Å²) >= 11 is 0. The van der Waals surface area contributed by atoms with Gasteiger partial charge in [-0.25, -0.2) is 4.68 Å². The van der Waals surface area contributed by atoms with Gasteiger partial charge in [-0.05, 0) is 44.9 Å². The second-order valence-electron chi connectivity index (χ2n) is 13.1. The number of hydrogen-bond acceptors (Lipinski definition) is 12. The smallest absolute Gasteiger partial charge is 0.311 e. The molecule has 2 aromatic rings. The van der Waals surface area contributed by atoms with Crippen LogP contribution in [0.4, 0.5) is 5.69 Å². The minimum Gasteiger partial charge on any atom is -0.460 e. The Hall–Kier alpha value is -3.47. The van der Waals surface area contributed by atoms with Crippen LogP contribution in [0.3, 0.4) is 0 Å². The number of carbonyl (C=O) groups excluding carboxylic acids is 3. The molecule has 0 fully saturated rings. The Kier molecular flexibility index (Phi) is 20.4. The van der Waals surface area contributed by atoms with E-state index in [1.165, 1.54) is 0 Å². The number of benzene rings is 1. The first-order valence-corrected chi connectivity index (χ1v) is 17.1. The molecule has 282 valence electrons. The van der Waals surface area contributed by atoms with Gasteiger partial charge in [0.15, 0.2) is 0 Å². The van der Waals surface area contributed by atoms with Gasteiger partial charge in [0.25, 0.3) is 0 Å². The van der Waals surface area contributed by atoms with Crippen molar-refractivity contribution in [2.75, 3.05) is 91.1 Å². The highest BCUT2D eigenvalue weighted by molar-refractivity contribution is 5.91. The molecule has 0 spiro atoms. The fourth-order valence-electron chi connectivity index (χ4n) is 3.84. The predicted molar refractivity (Wildman–Crippen MR) is 186 cm³/mol. The lowest BCUT2D eigenvalue weighted by Crippen LogP contribution is -2.32. The molecule has 2 amide bonds. The molecule has 0 aliphatic rings. The number of esters is 1. The number of nitrogens with zero attached hydrogens (tertiary/aromatic N) is 3. The summed E-state index contributed by atoms with van der Waals surface area (Å²) in [6.45, 7) is 16.9. The van der Waals surface area contributed by atoms with Gasteiger partial charge in [-0.15, -0.1) is 5.10 Å². The van der Waals surface area contributed by atoms with Crippen LogP contribution in [0.1, 0.15) is 59.2 Å². The van der Waals surface area contributed by atoms with Gasteiger partial charge in [0.1, 0.15) is 19.8 Å². The van der Waals surface area contributed by atoms with Crippen LogP contribution in [0.15, 0.2) is 30.5 Å². The number of aromatic nitrogens is 3. The third kappa shape index (κ3) is 19.1. The van der Waals surface area contributed by atoms with E-state index < -0.39 is 11.3 Å². The average Bonchev–Trinajstić information content (AvgIpc) is 3.57. The molecule has 0 radical (unpaired) electrons. The van der Waals surface area contributed by atoms with E-state index in [-0.39, 0.29) is 37.1 Å². The molecule has 0 atom stereocenters. The fourth-order valence-corrected chi connectivity index (χ4v) is 3.84. The van der Waals surface area contributed by atoms with E-state index in [0.717, 1.165) is 17.7 Å². The lowest BCUT2D eigenvalue weighted by atomic mass is 9.87. The van der Waals surface area contributed by atoms with E-state index in [2.05, 4.69) is 41.7 Å². The van der Waals surface area contributed by atoms with Crippen molar-refractivity contribution in [2.24, 2.45) is 5.41 Å². The van der Waals surface area contributed by atoms with E-state index in [9.17, 15) is 14.4 Å². The summed E-state index contributed by atoms with van der Waals surface area (Å²) in [6.07, 6.45) is 2.98. The molecule has 0 saturated heterocycles. The fraction of sp³-hybridized carbons (Fsp3) is 0.686. The first-order chi connectivity index (χ1) is 23.9. The van der Waals surface area contributed by atoms with Gasteiger partial charge in [-0.2, -0.15) is 0 Å². The Balaban J connectivity index is 1.32. The van der Waals surface area contributed by atoms with Crippen LogP contribution in [0.5, 0.6) is 0 Å². The van der Waals surface area contributed by atoms with Gasteiger partial charge in [-0.1, -0.05) is 38.1 Å². The largest absolute Gasteiger partial charge is 0.460 e. The van der Waals surface area contributed by atoms with Crippen molar-refractivity contribution in [2.45, 2.75) is 66.5 Å². The van der Waals surface area contributed by atoms with Crippen molar-refractivity contribution in [1.29, 1.82) is 0 Å². The maximum absolute atomic E-state index is 12.1. The first-order valence-electron chi connectivity index (χ1n) is 17.1. The van der Waals surface area contributed by atoms with Gasteiger partial charge < -0.3 is 43.8 Å². The monoisotopic (exact) mass is 707 g/mol. The molecule has 0 unspecified atom stereocenters. The minimum atomic E-state index is -0.570. The van der Waals surface area contributed by atoms with Gasteiger partial charge in [-0.3, -0.25) is 14.4 Å². The number of anilines is 1. The molecule has 50 heavy (non-hydrogen) atoms. The van der Waals surface area contributed by atoms with Crippen molar-refractivity contribution >= 4 is 23.5 Å². The van der Waals surface area contributed by atoms with Gasteiger partial charge in [0.2, 0.25) is 11.8 Å². The number of nitrogens with one attached hydrogen (secondary N) is 2. The zero-order valence-corrected chi connectivity index (χ0v) is 30.6. The Bertz CT molecular complexity index is 1250. The Morgan fingerprint density at radius 2 is 1.26 bits per heavy atom. The van der Waals surface area contributed by atoms with Gasteiger partial charge in [0.05, 0.1) is 83.7 Å². The quantitative estimate of drug-likeness (QED) is 0.103. The van der Waals surface area contributed by atoms with Crippen LogP contribution >= 0.6 is 0 Å². The number of rotatable bonds is 27. The molecule has 0 saturated carbocycles. The maximum atomic E-state index is 12.1. The molecule has 0 aliphatic heterocycles. The van der Waals surface area contributed by atoms with Crippen molar-refractivity contribution in [3.05, 3.63) is 41.7 Å². The zero-order chi connectivity index (χ0) is 36.7. The van der Waals surface area contributed by atoms with Crippen LogP contribution in [0, 0.1) is 5.41 Å². The summed E-state index contributed by atoms with van der Waals surface area (Å²) in [4.78, 5) is 35.9. The normalized spacial score (nSPS) is 11.8. The van der Waals surface area contributed by atoms with Crippen LogP contribution in [-0.4, -0.2) is 119 Å². The molecule has 1 aromatic heterocycles. The highest BCUT2D eigenvalue weighted by Crippen LogP contribution is 2.24. The molecule has 0 aliphatic carbocycles. The molecule has 1 aromatic carbocycles. The Morgan fingerprint density at radius 1 is 0.720 bits per heavy atom. The van der Waals surface area contributed by atoms with E-state index >= 15 is 0 Å². The third-order valence-corrected chi connectivity index (χ3v) is 7.32. The summed E-state index contributed by atoms with van der Waals surface area (Å²) in [7, 11) is 0. The third-order valence-electron chi connectivity index (χ3n) is 7.32. The van der Waals surface area contributed by atoms with E-state index in [0.29, 0.717) is 84.8 Å². The molecular formula is C35H57N5O10. The summed E-state index contributed by atoms with van der Waals surface area (Å²) < 4.78 is 39.8. The topological polar surface area (TPSA) is 171 Å². The van der Waals surface area contributed by atoms with Crippen molar-refractivity contribution in [3.8, 4) is 0 Å². The number of carbonyl (C=O) groups is 3. The summed E-state index contributed by atoms with van der Waals surface area (Å²) in [5.74, 6) is -1.03. The second kappa shape index (κ2) is 23.8. The van der Waals surface area contributed by atoms with Crippen LogP contribution in [0.2, 0.25) is 0 Å². The highest BCUT2D eigenvalue weighted by Gasteiger charge is 2.23. The van der Waals surface area contributed by atoms with E-state index in [1.54, 1.807) is 45.0 Å². The lowest BCUT2D eigenvalue weighted by Gasteiger charge is -2.18. The van der Waals surface area contributed by atoms with E-state index in [1.807, 2.05) is 10.9 Å². The van der Waals surface area contributed by atoms with Crippen molar-refractivity contribution < 1.29 is 47.5 Å². The summed E-state index contributed by atoms with van der Waals surface area (Å²) in [5, 5.41) is 13.8. The molecular weight excluding hydrogens is 650 g/mol. The van der Waals surface area contributed by atoms with Crippen molar-refractivity contribution in [1.82, 2.24) is 20.3 Å². The Labute approximate surface area is 296 Å². The molecule has 15 heteroatoms. The summed E-state index contributed by atoms with van der Waals surface area (Å²) in [6, 6.07) is 6.92. The Morgan fingerprint density at radius 3 is 1.82 bits per heavy atom. The van der Waals surface area contributed by atoms with E-state index in [4.69, 9.17) is 33.2 Å². The number of ether oxygens (including phenoxy) is 7. The highest BCUT2D eigenvalue weighted by atomic mass is 16.6. The van der Waals surface area contributed by atoms with Gasteiger partial charge >= 0.3 is 5.97 Å². The second-order valence-corrected chi connectivity index (χ2v) is 13.1. The van der Waals surface area contributed by atoms with Crippen LogP contribution in [0.25, 0.3) is 0 Å². The molecule has 2 N–H and O–H groups in total. The molecule has 15 nitrogen and oxygen atoms in total. The average molecular weight is 708 g/mol. The standard InChI is InChI=1S/C35H57N5O10/c1-7-35(5,6)30-24-40(39-38-30)13-15-45-17-19-47-21-23-48-22-20-46-18-16-44-14-12-36-31(41)26-49-27-32(42)37-29-10-8-28(9-11-29)25-50-33(43)34(2,3)4/h8-11,24H,7,12-23,25-27H2,1-6H3,(H,36,41)(H,37,42). The minimum absolute atomic E-state index is 0.0213. The van der Waals surface area contributed by atoms with Crippen LogP contribution in [-0.2, 0) is 66.1 Å². The summed E-state index contributed by atoms with van der Waals surface area (Å²) in [5.41, 5.74) is 1.80. The van der Waals surface area contributed by atoms with Crippen molar-refractivity contribution in [3.63, 3.8) is 0 Å². The number of hydrogen-bond donors (Lipinski definition) is 2. The number of amides is 2. The molecule has 0 bridgehead atoms. The predicted octanol–water partition coefficient (Wildman–Crippen LogP) is 2.91. The zero-order valence-electron chi connectivity index (χ0n) is 30.6. The SMILES string of the molecule is CCC(C)(C)c1cn(CCOCCOCCOCCOCCOCCNC(=O)COCC(=O)Nc2ccc(COC(=O)C(C)(C)C)cc2)nn1. The van der Waals surface area contributed by atoms with Crippen LogP contribution < -0.4 is 10.6 Å². The van der Waals surface area contributed by atoms with Gasteiger partial charge in [0, 0.05) is 23.8 Å². The lowest BCUT2D eigenvalue weighted by molar-refractivity contribution is -0.154. The maximum Gasteiger partial charge on any atom is 0.311 e. The molecule has 1 heterocycles.